The summed E-state index contributed by atoms with van der Waals surface area (Å²) in [6.07, 6.45) is -0.555. The highest BCUT2D eigenvalue weighted by Crippen LogP contribution is 2.40. The topological polar surface area (TPSA) is 97.1 Å². The van der Waals surface area contributed by atoms with E-state index in [4.69, 9.17) is 14.2 Å². The fraction of sp³-hybridized carbons (Fsp3) is 0.417. The van der Waals surface area contributed by atoms with Crippen LogP contribution in [-0.2, 0) is 9.47 Å². The largest absolute Gasteiger partial charge is 0.480 e. The van der Waals surface area contributed by atoms with E-state index in [0.29, 0.717) is 13.2 Å². The summed E-state index contributed by atoms with van der Waals surface area (Å²) >= 11 is 0. The van der Waals surface area contributed by atoms with Crippen LogP contribution in [-0.4, -0.2) is 43.4 Å². The molecule has 0 spiro atoms. The van der Waals surface area contributed by atoms with E-state index in [2.05, 4.69) is 4.74 Å². The molecule has 2 heterocycles. The van der Waals surface area contributed by atoms with Gasteiger partial charge < -0.3 is 18.9 Å². The van der Waals surface area contributed by atoms with E-state index in [1.165, 1.54) is 12.1 Å². The fourth-order valence-corrected chi connectivity index (χ4v) is 2.22. The minimum Gasteiger partial charge on any atom is -0.480 e. The zero-order chi connectivity index (χ0) is 14.3. The van der Waals surface area contributed by atoms with Crippen LogP contribution in [0.4, 0.5) is 5.69 Å². The Balaban J connectivity index is 2.06. The molecule has 1 aromatic carbocycles. The molecule has 2 aliphatic heterocycles. The van der Waals surface area contributed by atoms with Gasteiger partial charge in [-0.1, -0.05) is 0 Å². The molecule has 1 fully saturated rings. The molecule has 3 rings (SSSR count). The molecule has 1 aromatic rings. The van der Waals surface area contributed by atoms with E-state index >= 15 is 0 Å². The van der Waals surface area contributed by atoms with E-state index in [-0.39, 0.29) is 35.0 Å². The molecule has 0 radical (unpaired) electrons. The normalized spacial score (nSPS) is 23.1. The molecule has 8 nitrogen and oxygen atoms in total. The lowest BCUT2D eigenvalue weighted by atomic mass is 10.1. The second-order valence-corrected chi connectivity index (χ2v) is 4.41. The minimum atomic E-state index is -0.798. The molecule has 0 saturated carbocycles. The molecule has 2 aliphatic rings. The van der Waals surface area contributed by atoms with Crippen LogP contribution in [0.3, 0.4) is 0 Å². The van der Waals surface area contributed by atoms with Crippen molar-refractivity contribution < 1.29 is 28.7 Å². The first-order valence-electron chi connectivity index (χ1n) is 5.92. The molecule has 0 amide bonds. The maximum Gasteiger partial charge on any atom is 0.345 e. The van der Waals surface area contributed by atoms with Gasteiger partial charge in [0.25, 0.3) is 5.69 Å². The number of carbonyl (C=O) groups excluding carboxylic acids is 1. The van der Waals surface area contributed by atoms with Gasteiger partial charge in [-0.3, -0.25) is 10.1 Å². The molecule has 106 valence electrons. The van der Waals surface area contributed by atoms with Crippen LogP contribution in [0, 0.1) is 10.1 Å². The third-order valence-electron chi connectivity index (χ3n) is 3.20. The van der Waals surface area contributed by atoms with Crippen molar-refractivity contribution in [3.05, 3.63) is 27.8 Å². The third kappa shape index (κ3) is 1.94. The Morgan fingerprint density at radius 1 is 1.30 bits per heavy atom. The van der Waals surface area contributed by atoms with E-state index in [0.717, 1.165) is 7.11 Å². The predicted molar refractivity (Wildman–Crippen MR) is 64.1 cm³/mol. The first kappa shape index (κ1) is 12.7. The van der Waals surface area contributed by atoms with E-state index in [1.54, 1.807) is 0 Å². The maximum absolute atomic E-state index is 11.6. The van der Waals surface area contributed by atoms with Gasteiger partial charge in [0.1, 0.15) is 5.56 Å². The maximum atomic E-state index is 11.6. The van der Waals surface area contributed by atoms with Crippen molar-refractivity contribution in [3.63, 3.8) is 0 Å². The van der Waals surface area contributed by atoms with E-state index in [9.17, 15) is 14.9 Å². The lowest BCUT2D eigenvalue weighted by Crippen LogP contribution is -2.38. The van der Waals surface area contributed by atoms with E-state index < -0.39 is 10.9 Å². The zero-order valence-corrected chi connectivity index (χ0v) is 10.5. The van der Waals surface area contributed by atoms with Crippen molar-refractivity contribution in [2.75, 3.05) is 20.3 Å². The Hall–Kier alpha value is -2.35. The molecule has 0 N–H and O–H groups in total. The van der Waals surface area contributed by atoms with Gasteiger partial charge in [0.15, 0.2) is 23.7 Å². The quantitative estimate of drug-likeness (QED) is 0.451. The number of benzene rings is 1. The Labute approximate surface area is 113 Å². The molecule has 8 heteroatoms. The van der Waals surface area contributed by atoms with Crippen molar-refractivity contribution in [1.29, 1.82) is 0 Å². The highest BCUT2D eigenvalue weighted by molar-refractivity contribution is 5.95. The standard InChI is InChI=1S/C12H11NO7/c1-17-12(14)6-2-8-9(3-7(6)13(15)16)20-11-5-18-4-10(11)19-8/h2-3,10-11H,4-5H2,1H3. The van der Waals surface area contributed by atoms with Gasteiger partial charge in [0, 0.05) is 6.07 Å². The number of carbonyl (C=O) groups is 1. The summed E-state index contributed by atoms with van der Waals surface area (Å²) in [7, 11) is 1.16. The molecule has 1 saturated heterocycles. The van der Waals surface area contributed by atoms with Gasteiger partial charge in [-0.05, 0) is 0 Å². The second-order valence-electron chi connectivity index (χ2n) is 4.41. The van der Waals surface area contributed by atoms with Gasteiger partial charge in [-0.25, -0.2) is 4.79 Å². The predicted octanol–water partition coefficient (Wildman–Crippen LogP) is 0.920. The van der Waals surface area contributed by atoms with Crippen LogP contribution >= 0.6 is 0 Å². The average Bonchev–Trinajstić information content (AvgIpc) is 2.89. The van der Waals surface area contributed by atoms with Gasteiger partial charge in [-0.2, -0.15) is 0 Å². The summed E-state index contributed by atoms with van der Waals surface area (Å²) in [5.41, 5.74) is -0.547. The number of fused-ring (bicyclic) bond motifs is 2. The number of rotatable bonds is 2. The van der Waals surface area contributed by atoms with Crippen LogP contribution in [0.15, 0.2) is 12.1 Å². The number of methoxy groups -OCH3 is 1. The lowest BCUT2D eigenvalue weighted by Gasteiger charge is -2.28. The number of esters is 1. The van der Waals surface area contributed by atoms with Crippen LogP contribution in [0.2, 0.25) is 0 Å². The average molecular weight is 281 g/mol. The number of ether oxygens (including phenoxy) is 4. The number of nitro benzene ring substituents is 1. The van der Waals surface area contributed by atoms with Crippen molar-refractivity contribution >= 4 is 11.7 Å². The summed E-state index contributed by atoms with van der Waals surface area (Å²) in [5, 5.41) is 11.0. The summed E-state index contributed by atoms with van der Waals surface area (Å²) in [6.45, 7) is 0.755. The molecule has 20 heavy (non-hydrogen) atoms. The summed E-state index contributed by atoms with van der Waals surface area (Å²) in [5.74, 6) is -0.285. The monoisotopic (exact) mass is 281 g/mol. The van der Waals surface area contributed by atoms with Crippen LogP contribution in [0.5, 0.6) is 11.5 Å². The van der Waals surface area contributed by atoms with Gasteiger partial charge in [0.05, 0.1) is 31.3 Å². The molecule has 0 bridgehead atoms. The summed E-state index contributed by atoms with van der Waals surface area (Å²) in [6, 6.07) is 2.45. The van der Waals surface area contributed by atoms with Crippen LogP contribution in [0.1, 0.15) is 10.4 Å². The summed E-state index contributed by atoms with van der Waals surface area (Å²) < 4.78 is 21.0. The Morgan fingerprint density at radius 3 is 2.45 bits per heavy atom. The van der Waals surface area contributed by atoms with Gasteiger partial charge in [-0.15, -0.1) is 0 Å². The fourth-order valence-electron chi connectivity index (χ4n) is 2.22. The SMILES string of the molecule is COC(=O)c1cc2c(cc1[N+](=O)[O-])OC1COCC1O2. The van der Waals surface area contributed by atoms with Crippen molar-refractivity contribution in [2.45, 2.75) is 12.2 Å². The molecule has 0 aliphatic carbocycles. The highest BCUT2D eigenvalue weighted by atomic mass is 16.6. The smallest absolute Gasteiger partial charge is 0.345 e. The number of hydrogen-bond donors (Lipinski definition) is 0. The molecule has 2 atom stereocenters. The van der Waals surface area contributed by atoms with Gasteiger partial charge >= 0.3 is 5.97 Å². The van der Waals surface area contributed by atoms with Crippen molar-refractivity contribution in [1.82, 2.24) is 0 Å². The van der Waals surface area contributed by atoms with Crippen LogP contribution in [0.25, 0.3) is 0 Å². The lowest BCUT2D eigenvalue weighted by molar-refractivity contribution is -0.385. The Kier molecular flexibility index (Phi) is 2.94. The molecular weight excluding hydrogens is 270 g/mol. The first-order valence-corrected chi connectivity index (χ1v) is 5.92. The van der Waals surface area contributed by atoms with Crippen molar-refractivity contribution in [2.24, 2.45) is 0 Å². The number of nitrogens with zero attached hydrogens (tertiary/aromatic N) is 1. The molecular formula is C12H11NO7. The van der Waals surface area contributed by atoms with Crippen molar-refractivity contribution in [3.8, 4) is 11.5 Å². The first-order chi connectivity index (χ1) is 9.60. The van der Waals surface area contributed by atoms with Crippen LogP contribution < -0.4 is 9.47 Å². The Bertz CT molecular complexity index is 585. The number of hydrogen-bond acceptors (Lipinski definition) is 7. The second kappa shape index (κ2) is 4.64. The summed E-state index contributed by atoms with van der Waals surface area (Å²) in [4.78, 5) is 22.0. The third-order valence-corrected chi connectivity index (χ3v) is 3.20. The van der Waals surface area contributed by atoms with E-state index in [1.807, 2.05) is 0 Å². The highest BCUT2D eigenvalue weighted by Gasteiger charge is 2.38. The molecule has 0 aromatic heterocycles. The Morgan fingerprint density at radius 2 is 1.90 bits per heavy atom. The number of nitro groups is 1. The zero-order valence-electron chi connectivity index (χ0n) is 10.5. The van der Waals surface area contributed by atoms with Gasteiger partial charge in [0.2, 0.25) is 0 Å². The minimum absolute atomic E-state index is 0.169. The molecule has 2 unspecified atom stereocenters.